The van der Waals surface area contributed by atoms with Gasteiger partial charge in [0.1, 0.15) is 5.41 Å². The molecule has 17 heavy (non-hydrogen) atoms. The van der Waals surface area contributed by atoms with Gasteiger partial charge < -0.3 is 9.84 Å². The number of rotatable bonds is 4. The van der Waals surface area contributed by atoms with E-state index in [-0.39, 0.29) is 19.4 Å². The SMILES string of the molecule is CC(O)(CCCC(F)(F)F)C1(C#N)CCOC1. The molecular formula is C11H16F3NO2. The molecule has 0 aromatic rings. The molecule has 6 heteroatoms. The Hall–Kier alpha value is -0.800. The Kier molecular flexibility index (Phi) is 4.05. The largest absolute Gasteiger partial charge is 0.389 e. The molecule has 1 N–H and O–H groups in total. The number of nitriles is 1. The number of hydrogen-bond acceptors (Lipinski definition) is 3. The lowest BCUT2D eigenvalue weighted by atomic mass is 9.71. The minimum atomic E-state index is -4.22. The van der Waals surface area contributed by atoms with E-state index in [4.69, 9.17) is 10.00 Å². The lowest BCUT2D eigenvalue weighted by Crippen LogP contribution is -2.45. The molecule has 0 amide bonds. The van der Waals surface area contributed by atoms with Crippen LogP contribution in [0, 0.1) is 16.7 Å². The van der Waals surface area contributed by atoms with Crippen molar-refractivity contribution in [3.8, 4) is 6.07 Å². The Labute approximate surface area is 98.2 Å². The summed E-state index contributed by atoms with van der Waals surface area (Å²) in [6, 6.07) is 2.01. The molecule has 1 fully saturated rings. The van der Waals surface area contributed by atoms with Crippen LogP contribution in [-0.2, 0) is 4.74 Å². The predicted octanol–water partition coefficient (Wildman–Crippen LogP) is 2.40. The summed E-state index contributed by atoms with van der Waals surface area (Å²) in [6.07, 6.45) is -5.03. The predicted molar refractivity (Wildman–Crippen MR) is 54.0 cm³/mol. The Morgan fingerprint density at radius 1 is 1.41 bits per heavy atom. The van der Waals surface area contributed by atoms with Crippen molar-refractivity contribution in [1.82, 2.24) is 0 Å². The Morgan fingerprint density at radius 3 is 2.47 bits per heavy atom. The van der Waals surface area contributed by atoms with Crippen molar-refractivity contribution in [3.63, 3.8) is 0 Å². The average molecular weight is 251 g/mol. The zero-order valence-electron chi connectivity index (χ0n) is 9.68. The fourth-order valence-electron chi connectivity index (χ4n) is 2.07. The van der Waals surface area contributed by atoms with Gasteiger partial charge in [-0.3, -0.25) is 0 Å². The number of aliphatic hydroxyl groups is 1. The van der Waals surface area contributed by atoms with Gasteiger partial charge in [-0.2, -0.15) is 18.4 Å². The summed E-state index contributed by atoms with van der Waals surface area (Å²) in [4.78, 5) is 0. The minimum Gasteiger partial charge on any atom is -0.388 e. The summed E-state index contributed by atoms with van der Waals surface area (Å²) < 4.78 is 41.1. The van der Waals surface area contributed by atoms with E-state index in [1.165, 1.54) is 6.92 Å². The molecule has 1 rings (SSSR count). The maximum absolute atomic E-state index is 12.0. The van der Waals surface area contributed by atoms with Crippen LogP contribution in [0.5, 0.6) is 0 Å². The monoisotopic (exact) mass is 251 g/mol. The molecule has 98 valence electrons. The second kappa shape index (κ2) is 4.83. The molecule has 0 bridgehead atoms. The Balaban J connectivity index is 2.59. The minimum absolute atomic E-state index is 0.0522. The molecule has 0 aromatic carbocycles. The van der Waals surface area contributed by atoms with Crippen molar-refractivity contribution in [2.75, 3.05) is 13.2 Å². The third-order valence-electron chi connectivity index (χ3n) is 3.39. The molecule has 0 spiro atoms. The van der Waals surface area contributed by atoms with E-state index in [9.17, 15) is 18.3 Å². The van der Waals surface area contributed by atoms with Gasteiger partial charge in [0.2, 0.25) is 0 Å². The van der Waals surface area contributed by atoms with Crippen LogP contribution in [0.25, 0.3) is 0 Å². The molecule has 1 aliphatic rings. The van der Waals surface area contributed by atoms with Crippen LogP contribution in [0.4, 0.5) is 13.2 Å². The van der Waals surface area contributed by atoms with Gasteiger partial charge in [-0.25, -0.2) is 0 Å². The second-order valence-electron chi connectivity index (χ2n) is 4.74. The standard InChI is InChI=1S/C11H16F3NO2/c1-9(16,3-2-4-11(12,13)14)10(7-15)5-6-17-8-10/h16H,2-6,8H2,1H3. The van der Waals surface area contributed by atoms with Gasteiger partial charge in [0, 0.05) is 13.0 Å². The number of hydrogen-bond donors (Lipinski definition) is 1. The molecule has 0 radical (unpaired) electrons. The van der Waals surface area contributed by atoms with Crippen molar-refractivity contribution >= 4 is 0 Å². The molecule has 3 nitrogen and oxygen atoms in total. The van der Waals surface area contributed by atoms with Gasteiger partial charge in [0.15, 0.2) is 0 Å². The number of nitrogens with zero attached hydrogens (tertiary/aromatic N) is 1. The maximum atomic E-state index is 12.0. The van der Waals surface area contributed by atoms with Crippen LogP contribution in [0.1, 0.15) is 32.6 Å². The van der Waals surface area contributed by atoms with Crippen LogP contribution in [0.3, 0.4) is 0 Å². The van der Waals surface area contributed by atoms with E-state index in [2.05, 4.69) is 0 Å². The van der Waals surface area contributed by atoms with Crippen LogP contribution in [0.15, 0.2) is 0 Å². The van der Waals surface area contributed by atoms with Crippen LogP contribution < -0.4 is 0 Å². The normalized spacial score (nSPS) is 28.7. The molecule has 0 saturated carbocycles. The van der Waals surface area contributed by atoms with Gasteiger partial charge in [-0.15, -0.1) is 0 Å². The lowest BCUT2D eigenvalue weighted by molar-refractivity contribution is -0.140. The quantitative estimate of drug-likeness (QED) is 0.834. The highest BCUT2D eigenvalue weighted by molar-refractivity contribution is 5.11. The van der Waals surface area contributed by atoms with E-state index < -0.39 is 23.6 Å². The van der Waals surface area contributed by atoms with E-state index >= 15 is 0 Å². The smallest absolute Gasteiger partial charge is 0.388 e. The van der Waals surface area contributed by atoms with E-state index in [0.29, 0.717) is 13.0 Å². The first-order valence-corrected chi connectivity index (χ1v) is 5.51. The highest BCUT2D eigenvalue weighted by Gasteiger charge is 2.50. The molecule has 1 saturated heterocycles. The van der Waals surface area contributed by atoms with Crippen molar-refractivity contribution < 1.29 is 23.0 Å². The summed E-state index contributed by atoms with van der Waals surface area (Å²) in [5, 5.41) is 19.3. The molecule has 0 aromatic heterocycles. The number of ether oxygens (including phenoxy) is 1. The summed E-state index contributed by atoms with van der Waals surface area (Å²) in [5.74, 6) is 0. The van der Waals surface area contributed by atoms with Gasteiger partial charge in [-0.05, 0) is 26.2 Å². The van der Waals surface area contributed by atoms with Gasteiger partial charge in [-0.1, -0.05) is 0 Å². The molecule has 0 aliphatic carbocycles. The van der Waals surface area contributed by atoms with Crippen LogP contribution >= 0.6 is 0 Å². The summed E-state index contributed by atoms with van der Waals surface area (Å²) in [5.41, 5.74) is -2.51. The molecule has 2 atom stereocenters. The van der Waals surface area contributed by atoms with E-state index in [0.717, 1.165) is 0 Å². The van der Waals surface area contributed by atoms with Crippen molar-refractivity contribution in [2.45, 2.75) is 44.4 Å². The fraction of sp³-hybridized carbons (Fsp3) is 0.909. The number of halogens is 3. The first-order valence-electron chi connectivity index (χ1n) is 5.51. The molecule has 1 heterocycles. The lowest BCUT2D eigenvalue weighted by Gasteiger charge is -2.36. The van der Waals surface area contributed by atoms with Crippen LogP contribution in [0.2, 0.25) is 0 Å². The van der Waals surface area contributed by atoms with E-state index in [1.54, 1.807) is 0 Å². The maximum Gasteiger partial charge on any atom is 0.389 e. The van der Waals surface area contributed by atoms with Crippen molar-refractivity contribution in [1.29, 1.82) is 5.26 Å². The van der Waals surface area contributed by atoms with Crippen molar-refractivity contribution in [3.05, 3.63) is 0 Å². The highest BCUT2D eigenvalue weighted by Crippen LogP contribution is 2.42. The van der Waals surface area contributed by atoms with Gasteiger partial charge >= 0.3 is 6.18 Å². The molecular weight excluding hydrogens is 235 g/mol. The Morgan fingerprint density at radius 2 is 2.06 bits per heavy atom. The average Bonchev–Trinajstić information content (AvgIpc) is 2.64. The number of alkyl halides is 3. The Bertz CT molecular complexity index is 301. The summed E-state index contributed by atoms with van der Waals surface area (Å²) in [6.45, 7) is 1.87. The van der Waals surface area contributed by atoms with Crippen molar-refractivity contribution in [2.24, 2.45) is 5.41 Å². The van der Waals surface area contributed by atoms with E-state index in [1.807, 2.05) is 6.07 Å². The zero-order chi connectivity index (χ0) is 13.2. The van der Waals surface area contributed by atoms with Gasteiger partial charge in [0.25, 0.3) is 0 Å². The van der Waals surface area contributed by atoms with Crippen LogP contribution in [-0.4, -0.2) is 30.1 Å². The highest BCUT2D eigenvalue weighted by atomic mass is 19.4. The molecule has 1 aliphatic heterocycles. The third-order valence-corrected chi connectivity index (χ3v) is 3.39. The first-order chi connectivity index (χ1) is 7.72. The first kappa shape index (κ1) is 14.3. The third kappa shape index (κ3) is 3.33. The topological polar surface area (TPSA) is 53.2 Å². The zero-order valence-corrected chi connectivity index (χ0v) is 9.68. The second-order valence-corrected chi connectivity index (χ2v) is 4.74. The fourth-order valence-corrected chi connectivity index (χ4v) is 2.07. The summed E-state index contributed by atoms with van der Waals surface area (Å²) in [7, 11) is 0. The summed E-state index contributed by atoms with van der Waals surface area (Å²) >= 11 is 0. The van der Waals surface area contributed by atoms with Gasteiger partial charge in [0.05, 0.1) is 18.3 Å². The molecule has 2 unspecified atom stereocenters.